The van der Waals surface area contributed by atoms with Crippen LogP contribution in [0.15, 0.2) is 42.6 Å². The van der Waals surface area contributed by atoms with Crippen molar-refractivity contribution in [2.24, 2.45) is 5.92 Å². The third-order valence-corrected chi connectivity index (χ3v) is 7.33. The molecule has 1 atom stereocenters. The monoisotopic (exact) mass is 429 g/mol. The van der Waals surface area contributed by atoms with E-state index in [0.717, 1.165) is 22.9 Å². The lowest BCUT2D eigenvalue weighted by Gasteiger charge is -2.42. The fourth-order valence-corrected chi connectivity index (χ4v) is 5.85. The van der Waals surface area contributed by atoms with Crippen molar-refractivity contribution < 1.29 is 4.74 Å². The number of fused-ring (bicyclic) bond motifs is 1. The van der Waals surface area contributed by atoms with Crippen molar-refractivity contribution in [3.8, 4) is 32.8 Å². The van der Waals surface area contributed by atoms with Crippen LogP contribution in [0.25, 0.3) is 21.0 Å². The van der Waals surface area contributed by atoms with E-state index in [9.17, 15) is 5.26 Å². The number of nitrogens with zero attached hydrogens (tertiary/aromatic N) is 3. The molecule has 158 valence electrons. The van der Waals surface area contributed by atoms with Gasteiger partial charge in [-0.1, -0.05) is 25.1 Å². The third kappa shape index (κ3) is 3.75. The van der Waals surface area contributed by atoms with Crippen LogP contribution in [0.4, 0.5) is 0 Å². The van der Waals surface area contributed by atoms with Crippen LogP contribution in [0.1, 0.15) is 49.9 Å². The van der Waals surface area contributed by atoms with Gasteiger partial charge in [-0.3, -0.25) is 4.90 Å². The fraction of sp³-hybridized carbons (Fsp3) is 0.385. The Morgan fingerprint density at radius 1 is 1.23 bits per heavy atom. The van der Waals surface area contributed by atoms with E-state index >= 15 is 0 Å². The van der Waals surface area contributed by atoms with Gasteiger partial charge in [0, 0.05) is 30.9 Å². The summed E-state index contributed by atoms with van der Waals surface area (Å²) in [6.07, 6.45) is 4.37. The Morgan fingerprint density at radius 2 is 2.06 bits per heavy atom. The molecule has 0 saturated carbocycles. The van der Waals surface area contributed by atoms with E-state index in [0.29, 0.717) is 17.4 Å². The van der Waals surface area contributed by atoms with Gasteiger partial charge >= 0.3 is 0 Å². The van der Waals surface area contributed by atoms with E-state index in [1.54, 1.807) is 11.3 Å². The molecule has 1 aliphatic carbocycles. The summed E-state index contributed by atoms with van der Waals surface area (Å²) < 4.78 is 5.76. The SMILES string of the molecule is CC1CN(C2CCc3c(-c4cnc(-c5ccc(OC(C)C)c(C#N)c5)s4)cccc32)C1. The smallest absolute Gasteiger partial charge is 0.137 e. The number of likely N-dealkylation sites (tertiary alicyclic amines) is 1. The summed E-state index contributed by atoms with van der Waals surface area (Å²) in [5.41, 5.74) is 5.82. The number of rotatable bonds is 5. The number of aromatic nitrogens is 1. The number of hydrogen-bond donors (Lipinski definition) is 0. The van der Waals surface area contributed by atoms with Crippen LogP contribution in [-0.4, -0.2) is 29.1 Å². The van der Waals surface area contributed by atoms with Crippen molar-refractivity contribution in [2.45, 2.75) is 45.8 Å². The molecule has 0 N–H and O–H groups in total. The van der Waals surface area contributed by atoms with E-state index in [2.05, 4.69) is 36.1 Å². The van der Waals surface area contributed by atoms with Gasteiger partial charge < -0.3 is 4.74 Å². The minimum absolute atomic E-state index is 0.0351. The Bertz CT molecular complexity index is 1150. The maximum absolute atomic E-state index is 9.55. The summed E-state index contributed by atoms with van der Waals surface area (Å²) in [6.45, 7) is 8.70. The van der Waals surface area contributed by atoms with Gasteiger partial charge in [-0.2, -0.15) is 5.26 Å². The quantitative estimate of drug-likeness (QED) is 0.493. The summed E-state index contributed by atoms with van der Waals surface area (Å²) in [7, 11) is 0. The largest absolute Gasteiger partial charge is 0.490 e. The molecule has 1 aromatic heterocycles. The topological polar surface area (TPSA) is 49.2 Å². The molecule has 2 aliphatic rings. The molecule has 0 bridgehead atoms. The highest BCUT2D eigenvalue weighted by Gasteiger charge is 2.35. The van der Waals surface area contributed by atoms with Crippen LogP contribution in [-0.2, 0) is 6.42 Å². The molecule has 1 saturated heterocycles. The van der Waals surface area contributed by atoms with Gasteiger partial charge in [0.1, 0.15) is 16.8 Å². The lowest BCUT2D eigenvalue weighted by Crippen LogP contribution is -2.46. The Kier molecular flexibility index (Phi) is 5.29. The Balaban J connectivity index is 1.44. The van der Waals surface area contributed by atoms with Gasteiger partial charge in [-0.25, -0.2) is 4.98 Å². The second-order valence-corrected chi connectivity index (χ2v) is 10.0. The van der Waals surface area contributed by atoms with Gasteiger partial charge in [0.25, 0.3) is 0 Å². The van der Waals surface area contributed by atoms with Crippen LogP contribution in [0.5, 0.6) is 5.75 Å². The molecule has 5 rings (SSSR count). The minimum Gasteiger partial charge on any atom is -0.490 e. The standard InChI is InChI=1S/C26H27N3OS/c1-16(2)30-24-10-7-18(11-19(24)12-27)26-28-13-25(31-26)22-6-4-5-21-20(22)8-9-23(21)29-14-17(3)15-29/h4-7,10-11,13,16-17,23H,8-9,14-15H2,1-3H3. The lowest BCUT2D eigenvalue weighted by molar-refractivity contribution is 0.0624. The number of thiazole rings is 1. The predicted octanol–water partition coefficient (Wildman–Crippen LogP) is 6.07. The average Bonchev–Trinajstić information content (AvgIpc) is 3.39. The van der Waals surface area contributed by atoms with Crippen LogP contribution < -0.4 is 4.74 Å². The molecular weight excluding hydrogens is 402 g/mol. The highest BCUT2D eigenvalue weighted by atomic mass is 32.1. The van der Waals surface area contributed by atoms with Crippen molar-refractivity contribution in [3.63, 3.8) is 0 Å². The summed E-state index contributed by atoms with van der Waals surface area (Å²) in [6, 6.07) is 15.3. The molecule has 0 spiro atoms. The first-order valence-electron chi connectivity index (χ1n) is 11.1. The van der Waals surface area contributed by atoms with Crippen LogP contribution in [0, 0.1) is 17.2 Å². The van der Waals surface area contributed by atoms with Crippen molar-refractivity contribution in [1.82, 2.24) is 9.88 Å². The highest BCUT2D eigenvalue weighted by Crippen LogP contribution is 2.44. The number of hydrogen-bond acceptors (Lipinski definition) is 5. The van der Waals surface area contributed by atoms with E-state index in [-0.39, 0.29) is 6.10 Å². The van der Waals surface area contributed by atoms with Gasteiger partial charge in [-0.05, 0) is 67.5 Å². The number of ether oxygens (including phenoxy) is 1. The van der Waals surface area contributed by atoms with Gasteiger partial charge in [0.2, 0.25) is 0 Å². The molecule has 31 heavy (non-hydrogen) atoms. The molecule has 2 heterocycles. The second kappa shape index (κ2) is 8.11. The molecule has 5 heteroatoms. The van der Waals surface area contributed by atoms with Gasteiger partial charge in [-0.15, -0.1) is 11.3 Å². The predicted molar refractivity (Wildman–Crippen MR) is 125 cm³/mol. The van der Waals surface area contributed by atoms with Gasteiger partial charge in [0.15, 0.2) is 0 Å². The van der Waals surface area contributed by atoms with Crippen LogP contribution in [0.2, 0.25) is 0 Å². The molecule has 1 unspecified atom stereocenters. The van der Waals surface area contributed by atoms with Crippen LogP contribution >= 0.6 is 11.3 Å². The number of nitriles is 1. The second-order valence-electron chi connectivity index (χ2n) is 9.01. The van der Waals surface area contributed by atoms with Crippen molar-refractivity contribution in [3.05, 3.63) is 59.3 Å². The maximum Gasteiger partial charge on any atom is 0.137 e. The minimum atomic E-state index is 0.0351. The van der Waals surface area contributed by atoms with Crippen molar-refractivity contribution in [2.75, 3.05) is 13.1 Å². The normalized spacial score (nSPS) is 18.6. The Morgan fingerprint density at radius 3 is 2.81 bits per heavy atom. The molecule has 4 nitrogen and oxygen atoms in total. The Hall–Kier alpha value is -2.68. The molecule has 0 amide bonds. The third-order valence-electron chi connectivity index (χ3n) is 6.25. The molecular formula is C26H27N3OS. The Labute approximate surface area is 188 Å². The van der Waals surface area contributed by atoms with Gasteiger partial charge in [0.05, 0.1) is 16.5 Å². The zero-order valence-electron chi connectivity index (χ0n) is 18.3. The first-order valence-corrected chi connectivity index (χ1v) is 11.9. The first-order chi connectivity index (χ1) is 15.0. The van der Waals surface area contributed by atoms with E-state index in [4.69, 9.17) is 9.72 Å². The summed E-state index contributed by atoms with van der Waals surface area (Å²) in [4.78, 5) is 8.53. The molecule has 0 radical (unpaired) electrons. The van der Waals surface area contributed by atoms with Crippen molar-refractivity contribution in [1.29, 1.82) is 5.26 Å². The van der Waals surface area contributed by atoms with Crippen LogP contribution in [0.3, 0.4) is 0 Å². The molecule has 1 aliphatic heterocycles. The summed E-state index contributed by atoms with van der Waals surface area (Å²) in [5.74, 6) is 1.46. The highest BCUT2D eigenvalue weighted by molar-refractivity contribution is 7.18. The average molecular weight is 430 g/mol. The maximum atomic E-state index is 9.55. The zero-order chi connectivity index (χ0) is 21.5. The van der Waals surface area contributed by atoms with E-state index in [1.165, 1.54) is 41.1 Å². The molecule has 3 aromatic rings. The zero-order valence-corrected chi connectivity index (χ0v) is 19.1. The molecule has 2 aromatic carbocycles. The summed E-state index contributed by atoms with van der Waals surface area (Å²) >= 11 is 1.70. The van der Waals surface area contributed by atoms with E-state index in [1.807, 2.05) is 38.2 Å². The fourth-order valence-electron chi connectivity index (χ4n) is 4.88. The van der Waals surface area contributed by atoms with E-state index < -0.39 is 0 Å². The first kappa shape index (κ1) is 20.2. The summed E-state index contributed by atoms with van der Waals surface area (Å²) in [5, 5.41) is 10.5. The number of benzene rings is 2. The molecule has 1 fully saturated rings. The lowest BCUT2D eigenvalue weighted by atomic mass is 9.96. The van der Waals surface area contributed by atoms with Crippen molar-refractivity contribution >= 4 is 11.3 Å².